The van der Waals surface area contributed by atoms with Gasteiger partial charge in [-0.3, -0.25) is 4.79 Å². The Balaban J connectivity index is 0.000000334. The van der Waals surface area contributed by atoms with Gasteiger partial charge in [0.25, 0.3) is 0 Å². The van der Waals surface area contributed by atoms with Crippen LogP contribution in [0.3, 0.4) is 0 Å². The number of fused-ring (bicyclic) bond motifs is 3. The third-order valence-electron chi connectivity index (χ3n) is 8.65. The second-order valence-electron chi connectivity index (χ2n) is 12.7. The molecule has 5 rings (SSSR count). The summed E-state index contributed by atoms with van der Waals surface area (Å²) in [5.41, 5.74) is -0.0344. The van der Waals surface area contributed by atoms with Crippen LogP contribution in [-0.2, 0) is 30.3 Å². The van der Waals surface area contributed by atoms with Gasteiger partial charge in [0.05, 0.1) is 5.76 Å². The zero-order valence-electron chi connectivity index (χ0n) is 28.1. The molecule has 0 aliphatic heterocycles. The van der Waals surface area contributed by atoms with Crippen LogP contribution in [0.15, 0.2) is 54.3 Å². The molecule has 0 aliphatic carbocycles. The fourth-order valence-electron chi connectivity index (χ4n) is 5.78. The number of halogens is 4. The average Bonchev–Trinajstić information content (AvgIpc) is 3.05. The van der Waals surface area contributed by atoms with E-state index in [1.165, 1.54) is 6.08 Å². The summed E-state index contributed by atoms with van der Waals surface area (Å²) in [6.07, 6.45) is 4.91. The first-order chi connectivity index (χ1) is 22.3. The van der Waals surface area contributed by atoms with Crippen LogP contribution in [0.2, 0.25) is 0 Å². The molecule has 1 N–H and O–H groups in total. The number of benzene rings is 4. The number of aliphatic hydroxyl groups is 1. The molecule has 1 radical (unpaired) electrons. The van der Waals surface area contributed by atoms with Gasteiger partial charge < -0.3 is 5.11 Å². The van der Waals surface area contributed by atoms with Crippen molar-refractivity contribution in [2.24, 2.45) is 11.8 Å². The summed E-state index contributed by atoms with van der Waals surface area (Å²) in [4.78, 5) is 11.7. The van der Waals surface area contributed by atoms with Crippen molar-refractivity contribution >= 4 is 38.2 Å². The normalized spacial score (nSPS) is 12.1. The molecule has 4 aromatic carbocycles. The fourth-order valence-corrected chi connectivity index (χ4v) is 5.78. The van der Waals surface area contributed by atoms with Crippen LogP contribution in [-0.4, -0.2) is 26.3 Å². The topological polar surface area (TPSA) is 76.0 Å². The molecule has 5 aromatic rings. The van der Waals surface area contributed by atoms with Crippen molar-refractivity contribution in [2.75, 3.05) is 0 Å². The summed E-state index contributed by atoms with van der Waals surface area (Å²) >= 11 is 0. The molecule has 0 saturated heterocycles. The number of carbonyl (C=O) groups is 1. The van der Waals surface area contributed by atoms with Crippen LogP contribution in [0.1, 0.15) is 79.7 Å². The summed E-state index contributed by atoms with van der Waals surface area (Å²) in [5, 5.41) is 23.6. The van der Waals surface area contributed by atoms with E-state index in [9.17, 15) is 27.5 Å². The van der Waals surface area contributed by atoms with Gasteiger partial charge in [0, 0.05) is 49.1 Å². The third kappa shape index (κ3) is 7.92. The Morgan fingerprint density at radius 3 is 1.96 bits per heavy atom. The van der Waals surface area contributed by atoms with Crippen molar-refractivity contribution in [3.63, 3.8) is 0 Å². The van der Waals surface area contributed by atoms with Gasteiger partial charge in [0.1, 0.15) is 5.52 Å². The van der Waals surface area contributed by atoms with Crippen LogP contribution >= 0.6 is 0 Å². The maximum absolute atomic E-state index is 14.7. The SMILES string of the molecule is CC(C)(C)c1cc(-c2nnnc3c(F)c(F)c(F)c(F)c23)[c-]c2cc3ccccc3cc12.CCC(CC)C(=O)/C=C(\O)C(CC)CC.[Ir]. The van der Waals surface area contributed by atoms with E-state index in [4.69, 9.17) is 0 Å². The van der Waals surface area contributed by atoms with E-state index < -0.39 is 34.2 Å². The molecule has 0 atom stereocenters. The number of hydrogen-bond acceptors (Lipinski definition) is 5. The van der Waals surface area contributed by atoms with Gasteiger partial charge >= 0.3 is 0 Å². The van der Waals surface area contributed by atoms with E-state index in [0.717, 1.165) is 52.8 Å². The van der Waals surface area contributed by atoms with Crippen molar-refractivity contribution in [2.45, 2.75) is 79.6 Å². The third-order valence-corrected chi connectivity index (χ3v) is 8.65. The molecule has 0 amide bonds. The molecule has 1 aromatic heterocycles. The summed E-state index contributed by atoms with van der Waals surface area (Å²) < 4.78 is 56.8. The van der Waals surface area contributed by atoms with Crippen molar-refractivity contribution < 1.29 is 47.6 Å². The standard InChI is InChI=1S/C25H16F4N3.C13H24O2.Ir/c1-25(2,3)17-11-15(9-14-8-12-6-4-5-7-13(12)10-16(14)17)23-18-19(26)20(27)21(28)22(29)24(18)31-32-30-23;1-5-10(6-2)12(14)9-13(15)11(7-3)8-4;/h4-8,10-11H,1-3H3;9-11,14H,5-8H2,1-4H3;/q-1;;/b;12-9-;. The minimum atomic E-state index is -1.94. The molecule has 5 nitrogen and oxygen atoms in total. The fraction of sp³-hybridized carbons (Fsp3) is 0.368. The Hall–Kier alpha value is -3.75. The van der Waals surface area contributed by atoms with Gasteiger partial charge in [0.15, 0.2) is 29.1 Å². The van der Waals surface area contributed by atoms with E-state index in [1.807, 2.05) is 78.8 Å². The van der Waals surface area contributed by atoms with Crippen LogP contribution in [0.4, 0.5) is 17.6 Å². The van der Waals surface area contributed by atoms with Gasteiger partial charge in [-0.25, -0.2) is 17.6 Å². The average molecular weight is 839 g/mol. The summed E-state index contributed by atoms with van der Waals surface area (Å²) in [5.74, 6) is -6.50. The molecular weight excluding hydrogens is 799 g/mol. The minimum absolute atomic E-state index is 0. The number of aromatic nitrogens is 3. The van der Waals surface area contributed by atoms with Gasteiger partial charge in [-0.05, 0) is 36.5 Å². The second kappa shape index (κ2) is 16.1. The Morgan fingerprint density at radius 2 is 1.40 bits per heavy atom. The number of hydrogen-bond donors (Lipinski definition) is 1. The molecular formula is C38H40F4IrN3O2-. The monoisotopic (exact) mass is 839 g/mol. The predicted molar refractivity (Wildman–Crippen MR) is 179 cm³/mol. The van der Waals surface area contributed by atoms with Crippen LogP contribution in [0, 0.1) is 41.2 Å². The zero-order valence-corrected chi connectivity index (χ0v) is 30.5. The molecule has 0 spiro atoms. The van der Waals surface area contributed by atoms with Gasteiger partial charge in [0.2, 0.25) is 0 Å². The maximum atomic E-state index is 14.7. The largest absolute Gasteiger partial charge is 0.512 e. The first kappa shape index (κ1) is 38.7. The molecule has 10 heteroatoms. The zero-order chi connectivity index (χ0) is 34.6. The smallest absolute Gasteiger partial charge is 0.199 e. The molecule has 257 valence electrons. The molecule has 0 unspecified atom stereocenters. The Kier molecular flexibility index (Phi) is 13.0. The molecule has 1 heterocycles. The number of ketones is 1. The molecule has 0 fully saturated rings. The summed E-state index contributed by atoms with van der Waals surface area (Å²) in [6, 6.07) is 16.8. The Bertz CT molecular complexity index is 1970. The van der Waals surface area contributed by atoms with Gasteiger partial charge in [-0.2, -0.15) is 5.10 Å². The van der Waals surface area contributed by atoms with Crippen LogP contribution < -0.4 is 0 Å². The molecule has 0 saturated carbocycles. The van der Waals surface area contributed by atoms with Crippen molar-refractivity contribution in [1.29, 1.82) is 0 Å². The van der Waals surface area contributed by atoms with E-state index in [2.05, 4.69) is 27.5 Å². The quantitative estimate of drug-likeness (QED) is 0.0320. The van der Waals surface area contributed by atoms with Gasteiger partial charge in [-0.1, -0.05) is 100 Å². The van der Waals surface area contributed by atoms with Crippen molar-refractivity contribution in [3.8, 4) is 11.3 Å². The first-order valence-electron chi connectivity index (χ1n) is 16.0. The van der Waals surface area contributed by atoms with E-state index in [1.54, 1.807) is 6.07 Å². The molecule has 0 bridgehead atoms. The van der Waals surface area contributed by atoms with E-state index in [0.29, 0.717) is 0 Å². The number of aliphatic hydroxyl groups excluding tert-OH is 1. The Labute approximate surface area is 292 Å². The Morgan fingerprint density at radius 1 is 0.833 bits per heavy atom. The first-order valence-corrected chi connectivity index (χ1v) is 16.0. The second-order valence-corrected chi connectivity index (χ2v) is 12.7. The van der Waals surface area contributed by atoms with E-state index in [-0.39, 0.29) is 60.2 Å². The van der Waals surface area contributed by atoms with Crippen LogP contribution in [0.25, 0.3) is 43.7 Å². The van der Waals surface area contributed by atoms with Crippen LogP contribution in [0.5, 0.6) is 0 Å². The number of allylic oxidation sites excluding steroid dienone is 2. The van der Waals surface area contributed by atoms with Gasteiger partial charge in [-0.15, -0.1) is 34.2 Å². The maximum Gasteiger partial charge on any atom is 0.199 e. The predicted octanol–water partition coefficient (Wildman–Crippen LogP) is 10.5. The summed E-state index contributed by atoms with van der Waals surface area (Å²) in [6.45, 7) is 14.1. The van der Waals surface area contributed by atoms with E-state index >= 15 is 0 Å². The summed E-state index contributed by atoms with van der Waals surface area (Å²) in [7, 11) is 0. The van der Waals surface area contributed by atoms with Crippen molar-refractivity contribution in [3.05, 3.63) is 89.2 Å². The molecule has 0 aliphatic rings. The number of carbonyl (C=O) groups excluding carboxylic acids is 1. The molecule has 48 heavy (non-hydrogen) atoms. The number of rotatable bonds is 8. The number of nitrogens with zero attached hydrogens (tertiary/aromatic N) is 3. The van der Waals surface area contributed by atoms with Crippen molar-refractivity contribution in [1.82, 2.24) is 15.4 Å². The minimum Gasteiger partial charge on any atom is -0.512 e.